The molecule has 0 aliphatic rings. The van der Waals surface area contributed by atoms with Gasteiger partial charge in [-0.3, -0.25) is 9.67 Å². The van der Waals surface area contributed by atoms with Crippen LogP contribution in [-0.4, -0.2) is 19.9 Å². The largest absolute Gasteiger partial charge is 0.508 e. The van der Waals surface area contributed by atoms with Crippen LogP contribution in [0.2, 0.25) is 0 Å². The Bertz CT molecular complexity index is 1150. The molecule has 28 heavy (non-hydrogen) atoms. The van der Waals surface area contributed by atoms with Crippen LogP contribution in [-0.2, 0) is 6.54 Å². The molecule has 5 heteroatoms. The number of pyridine rings is 1. The van der Waals surface area contributed by atoms with E-state index in [2.05, 4.69) is 16.2 Å². The van der Waals surface area contributed by atoms with Crippen LogP contribution in [0.25, 0.3) is 33.6 Å². The minimum Gasteiger partial charge on any atom is -0.508 e. The molecular weight excluding hydrogens is 348 g/mol. The summed E-state index contributed by atoms with van der Waals surface area (Å²) in [5, 5.41) is 23.7. The first-order valence-corrected chi connectivity index (χ1v) is 8.91. The highest BCUT2D eigenvalue weighted by molar-refractivity contribution is 5.83. The van der Waals surface area contributed by atoms with Gasteiger partial charge in [0, 0.05) is 22.9 Å². The minimum atomic E-state index is 0.126. The number of benzene rings is 2. The molecule has 0 radical (unpaired) electrons. The Morgan fingerprint density at radius 1 is 1.00 bits per heavy atom. The molecule has 2 aromatic carbocycles. The lowest BCUT2D eigenvalue weighted by atomic mass is 9.99. The topological polar surface area (TPSA) is 74.7 Å². The van der Waals surface area contributed by atoms with E-state index in [1.807, 2.05) is 55.5 Å². The number of hydrogen-bond acceptors (Lipinski definition) is 4. The SMILES string of the molecule is Cc1cc(O)cc(-c2c(-c3ccnc(-c4ccccc4)c3)cnn2CC#N)c1. The van der Waals surface area contributed by atoms with Gasteiger partial charge in [-0.2, -0.15) is 10.4 Å². The average Bonchev–Trinajstić information content (AvgIpc) is 3.12. The summed E-state index contributed by atoms with van der Waals surface area (Å²) in [5.74, 6) is 0.186. The molecule has 0 saturated carbocycles. The molecule has 136 valence electrons. The van der Waals surface area contributed by atoms with E-state index in [9.17, 15) is 10.4 Å². The van der Waals surface area contributed by atoms with E-state index in [1.165, 1.54) is 0 Å². The first-order valence-electron chi connectivity index (χ1n) is 8.91. The van der Waals surface area contributed by atoms with Crippen LogP contribution in [0.3, 0.4) is 0 Å². The van der Waals surface area contributed by atoms with Crippen molar-refractivity contribution in [2.24, 2.45) is 0 Å². The highest BCUT2D eigenvalue weighted by Gasteiger charge is 2.16. The maximum absolute atomic E-state index is 10.1. The van der Waals surface area contributed by atoms with Crippen LogP contribution in [0.5, 0.6) is 5.75 Å². The molecule has 0 spiro atoms. The van der Waals surface area contributed by atoms with Gasteiger partial charge >= 0.3 is 0 Å². The van der Waals surface area contributed by atoms with E-state index >= 15 is 0 Å². The maximum Gasteiger partial charge on any atom is 0.128 e. The fourth-order valence-corrected chi connectivity index (χ4v) is 3.35. The molecule has 0 amide bonds. The van der Waals surface area contributed by atoms with Crippen molar-refractivity contribution >= 4 is 0 Å². The molecule has 0 fully saturated rings. The summed E-state index contributed by atoms with van der Waals surface area (Å²) in [5.41, 5.74) is 6.29. The third-order valence-electron chi connectivity index (χ3n) is 4.54. The second kappa shape index (κ2) is 7.37. The number of nitrogens with zero attached hydrogens (tertiary/aromatic N) is 4. The molecule has 0 bridgehead atoms. The Kier molecular flexibility index (Phi) is 4.61. The highest BCUT2D eigenvalue weighted by atomic mass is 16.3. The fraction of sp³-hybridized carbons (Fsp3) is 0.0870. The predicted molar refractivity (Wildman–Crippen MR) is 108 cm³/mol. The van der Waals surface area contributed by atoms with Crippen LogP contribution in [0, 0.1) is 18.3 Å². The second-order valence-electron chi connectivity index (χ2n) is 6.58. The van der Waals surface area contributed by atoms with Crippen LogP contribution < -0.4 is 0 Å². The summed E-state index contributed by atoms with van der Waals surface area (Å²) in [6, 6.07) is 21.4. The zero-order valence-electron chi connectivity index (χ0n) is 15.4. The van der Waals surface area contributed by atoms with Gasteiger partial charge in [0.1, 0.15) is 12.3 Å². The fourth-order valence-electron chi connectivity index (χ4n) is 3.35. The quantitative estimate of drug-likeness (QED) is 0.562. The molecule has 0 unspecified atom stereocenters. The maximum atomic E-state index is 10.1. The number of phenols is 1. The molecule has 0 saturated heterocycles. The number of aromatic nitrogens is 3. The molecule has 4 rings (SSSR count). The molecule has 0 aliphatic carbocycles. The van der Waals surface area contributed by atoms with E-state index in [0.29, 0.717) is 0 Å². The first-order chi connectivity index (χ1) is 13.7. The molecule has 5 nitrogen and oxygen atoms in total. The van der Waals surface area contributed by atoms with Gasteiger partial charge in [0.2, 0.25) is 0 Å². The van der Waals surface area contributed by atoms with Gasteiger partial charge in [-0.25, -0.2) is 0 Å². The molecular formula is C23H18N4O. The third kappa shape index (κ3) is 3.36. The van der Waals surface area contributed by atoms with Crippen molar-refractivity contribution in [2.75, 3.05) is 0 Å². The van der Waals surface area contributed by atoms with Crippen LogP contribution in [0.1, 0.15) is 5.56 Å². The van der Waals surface area contributed by atoms with E-state index in [4.69, 9.17) is 0 Å². The molecule has 2 aromatic heterocycles. The van der Waals surface area contributed by atoms with E-state index in [0.717, 1.165) is 39.2 Å². The van der Waals surface area contributed by atoms with Crippen LogP contribution in [0.15, 0.2) is 73.1 Å². The number of phenolic OH excluding ortho intramolecular Hbond substituents is 1. The summed E-state index contributed by atoms with van der Waals surface area (Å²) in [6.07, 6.45) is 3.53. The summed E-state index contributed by atoms with van der Waals surface area (Å²) >= 11 is 0. The van der Waals surface area contributed by atoms with Gasteiger partial charge in [-0.05, 0) is 48.4 Å². The Morgan fingerprint density at radius 3 is 2.57 bits per heavy atom. The number of rotatable bonds is 4. The standard InChI is InChI=1S/C23H18N4O/c1-16-11-19(13-20(28)12-16)23-21(15-26-27(23)10-8-24)18-7-9-25-22(14-18)17-5-3-2-4-6-17/h2-7,9,11-15,28H,10H2,1H3. The van der Waals surface area contributed by atoms with Gasteiger partial charge in [0.25, 0.3) is 0 Å². The summed E-state index contributed by atoms with van der Waals surface area (Å²) in [4.78, 5) is 4.49. The lowest BCUT2D eigenvalue weighted by Gasteiger charge is -2.10. The molecule has 4 aromatic rings. The molecule has 2 heterocycles. The summed E-state index contributed by atoms with van der Waals surface area (Å²) in [6.45, 7) is 2.05. The Hall–Kier alpha value is -3.91. The van der Waals surface area contributed by atoms with Gasteiger partial charge < -0.3 is 5.11 Å². The van der Waals surface area contributed by atoms with Crippen LogP contribution in [0.4, 0.5) is 0 Å². The lowest BCUT2D eigenvalue weighted by Crippen LogP contribution is -2.01. The number of hydrogen-bond donors (Lipinski definition) is 1. The van der Waals surface area contributed by atoms with E-state index in [1.54, 1.807) is 29.2 Å². The van der Waals surface area contributed by atoms with Crippen molar-refractivity contribution in [1.82, 2.24) is 14.8 Å². The van der Waals surface area contributed by atoms with Crippen molar-refractivity contribution in [3.63, 3.8) is 0 Å². The van der Waals surface area contributed by atoms with Gasteiger partial charge in [0.05, 0.1) is 23.7 Å². The van der Waals surface area contributed by atoms with Gasteiger partial charge in [0.15, 0.2) is 0 Å². The molecule has 0 atom stereocenters. The number of aryl methyl sites for hydroxylation is 1. The van der Waals surface area contributed by atoms with Crippen molar-refractivity contribution in [3.8, 4) is 45.5 Å². The number of nitriles is 1. The normalized spacial score (nSPS) is 10.6. The summed E-state index contributed by atoms with van der Waals surface area (Å²) in [7, 11) is 0. The smallest absolute Gasteiger partial charge is 0.128 e. The summed E-state index contributed by atoms with van der Waals surface area (Å²) < 4.78 is 1.66. The lowest BCUT2D eigenvalue weighted by molar-refractivity contribution is 0.475. The van der Waals surface area contributed by atoms with Crippen molar-refractivity contribution in [1.29, 1.82) is 5.26 Å². The van der Waals surface area contributed by atoms with Gasteiger partial charge in [-0.1, -0.05) is 30.3 Å². The highest BCUT2D eigenvalue weighted by Crippen LogP contribution is 2.35. The van der Waals surface area contributed by atoms with E-state index < -0.39 is 0 Å². The Balaban J connectivity index is 1.89. The molecule has 1 N–H and O–H groups in total. The number of aromatic hydroxyl groups is 1. The zero-order chi connectivity index (χ0) is 19.5. The second-order valence-corrected chi connectivity index (χ2v) is 6.58. The minimum absolute atomic E-state index is 0.126. The van der Waals surface area contributed by atoms with Gasteiger partial charge in [-0.15, -0.1) is 0 Å². The zero-order valence-corrected chi connectivity index (χ0v) is 15.4. The predicted octanol–water partition coefficient (Wildman–Crippen LogP) is 4.82. The average molecular weight is 366 g/mol. The first kappa shape index (κ1) is 17.5. The monoisotopic (exact) mass is 366 g/mol. The Morgan fingerprint density at radius 2 is 1.82 bits per heavy atom. The Labute approximate surface area is 163 Å². The van der Waals surface area contributed by atoms with Crippen molar-refractivity contribution in [2.45, 2.75) is 13.5 Å². The van der Waals surface area contributed by atoms with Crippen LogP contribution >= 0.6 is 0 Å². The third-order valence-corrected chi connectivity index (χ3v) is 4.54. The van der Waals surface area contributed by atoms with E-state index in [-0.39, 0.29) is 12.3 Å². The molecule has 0 aliphatic heterocycles. The van der Waals surface area contributed by atoms with Crippen molar-refractivity contribution < 1.29 is 5.11 Å². The van der Waals surface area contributed by atoms with Crippen molar-refractivity contribution in [3.05, 3.63) is 78.6 Å².